The Morgan fingerprint density at radius 3 is 1.29 bits per heavy atom. The van der Waals surface area contributed by atoms with Gasteiger partial charge in [-0.15, -0.1) is 0 Å². The van der Waals surface area contributed by atoms with Crippen molar-refractivity contribution in [3.05, 3.63) is 205 Å². The van der Waals surface area contributed by atoms with Crippen LogP contribution >= 0.6 is 0 Å². The zero-order chi connectivity index (χ0) is 34.4. The number of benzene rings is 7. The van der Waals surface area contributed by atoms with Gasteiger partial charge in [0, 0.05) is 39.7 Å². The predicted octanol–water partition coefficient (Wildman–Crippen LogP) is 11.7. The van der Waals surface area contributed by atoms with Crippen LogP contribution in [0.1, 0.15) is 28.7 Å². The van der Waals surface area contributed by atoms with Gasteiger partial charge in [0.25, 0.3) is 0 Å². The molecule has 0 fully saturated rings. The molecule has 3 heterocycles. The van der Waals surface area contributed by atoms with E-state index in [0.29, 0.717) is 17.5 Å². The van der Waals surface area contributed by atoms with Crippen LogP contribution in [0.15, 0.2) is 188 Å². The highest BCUT2D eigenvalue weighted by atomic mass is 15.2. The molecule has 0 saturated heterocycles. The fraction of sp³-hybridized carbons (Fsp3) is 0.0426. The minimum atomic E-state index is 0.0286. The molecule has 2 aliphatic heterocycles. The molecule has 1 aromatic heterocycles. The number of para-hydroxylation sites is 4. The maximum atomic E-state index is 4.99. The van der Waals surface area contributed by atoms with Crippen LogP contribution in [0.3, 0.4) is 0 Å². The normalized spacial score (nSPS) is 15.6. The average Bonchev–Trinajstić information content (AvgIpc) is 3.51. The summed E-state index contributed by atoms with van der Waals surface area (Å²) in [6, 6.07) is 66.4. The third kappa shape index (κ3) is 4.97. The van der Waals surface area contributed by atoms with Crippen LogP contribution in [-0.4, -0.2) is 15.0 Å². The maximum Gasteiger partial charge on any atom is 0.164 e. The summed E-state index contributed by atoms with van der Waals surface area (Å²) in [5, 5.41) is 0. The van der Waals surface area contributed by atoms with Gasteiger partial charge in [0.05, 0.1) is 17.4 Å². The van der Waals surface area contributed by atoms with Gasteiger partial charge in [-0.05, 0) is 71.3 Å². The summed E-state index contributed by atoms with van der Waals surface area (Å²) in [6.07, 6.45) is 0. The lowest BCUT2D eigenvalue weighted by Gasteiger charge is -2.32. The lowest BCUT2D eigenvalue weighted by atomic mass is 9.84. The topological polar surface area (TPSA) is 45.2 Å². The Hall–Kier alpha value is -6.85. The molecule has 10 rings (SSSR count). The second-order valence-electron chi connectivity index (χ2n) is 13.2. The van der Waals surface area contributed by atoms with E-state index in [2.05, 4.69) is 137 Å². The highest BCUT2D eigenvalue weighted by Gasteiger charge is 2.45. The van der Waals surface area contributed by atoms with Crippen molar-refractivity contribution in [1.29, 1.82) is 0 Å². The lowest BCUT2D eigenvalue weighted by Crippen LogP contribution is -2.22. The van der Waals surface area contributed by atoms with E-state index in [9.17, 15) is 0 Å². The molecular formula is C47H33N5. The van der Waals surface area contributed by atoms with E-state index in [4.69, 9.17) is 15.0 Å². The van der Waals surface area contributed by atoms with Crippen LogP contribution in [0.25, 0.3) is 34.2 Å². The first-order valence-electron chi connectivity index (χ1n) is 17.7. The van der Waals surface area contributed by atoms with Gasteiger partial charge in [-0.2, -0.15) is 0 Å². The highest BCUT2D eigenvalue weighted by molar-refractivity contribution is 5.87. The highest BCUT2D eigenvalue weighted by Crippen LogP contribution is 2.61. The van der Waals surface area contributed by atoms with Gasteiger partial charge in [-0.3, -0.25) is 0 Å². The summed E-state index contributed by atoms with van der Waals surface area (Å²) in [6.45, 7) is 0. The molecule has 0 aliphatic carbocycles. The Kier molecular flexibility index (Phi) is 7.21. The van der Waals surface area contributed by atoms with Crippen LogP contribution in [-0.2, 0) is 0 Å². The number of hydrogen-bond acceptors (Lipinski definition) is 5. The van der Waals surface area contributed by atoms with Crippen molar-refractivity contribution < 1.29 is 0 Å². The van der Waals surface area contributed by atoms with Crippen LogP contribution in [0.5, 0.6) is 0 Å². The second-order valence-corrected chi connectivity index (χ2v) is 13.2. The monoisotopic (exact) mass is 667 g/mol. The van der Waals surface area contributed by atoms with Gasteiger partial charge in [-0.25, -0.2) is 15.0 Å². The van der Waals surface area contributed by atoms with Crippen LogP contribution < -0.4 is 9.80 Å². The first-order chi connectivity index (χ1) is 25.8. The number of anilines is 5. The molecule has 5 nitrogen and oxygen atoms in total. The summed E-state index contributed by atoms with van der Waals surface area (Å²) < 4.78 is 0. The summed E-state index contributed by atoms with van der Waals surface area (Å²) in [5.41, 5.74) is 12.6. The molecule has 0 spiro atoms. The van der Waals surface area contributed by atoms with E-state index in [1.54, 1.807) is 0 Å². The summed E-state index contributed by atoms with van der Waals surface area (Å²) >= 11 is 0. The Labute approximate surface area is 303 Å². The van der Waals surface area contributed by atoms with Gasteiger partial charge < -0.3 is 9.80 Å². The number of rotatable bonds is 5. The molecule has 8 aromatic rings. The van der Waals surface area contributed by atoms with Gasteiger partial charge >= 0.3 is 0 Å². The average molecular weight is 668 g/mol. The van der Waals surface area contributed by atoms with Crippen molar-refractivity contribution in [2.75, 3.05) is 9.80 Å². The van der Waals surface area contributed by atoms with Crippen molar-refractivity contribution in [3.8, 4) is 34.2 Å². The molecule has 2 aliphatic rings. The summed E-state index contributed by atoms with van der Waals surface area (Å²) in [7, 11) is 0. The molecule has 5 heteroatoms. The van der Waals surface area contributed by atoms with E-state index < -0.39 is 0 Å². The maximum absolute atomic E-state index is 4.99. The minimum Gasteiger partial charge on any atom is -0.333 e. The molecular weight excluding hydrogens is 635 g/mol. The number of fused-ring (bicyclic) bond motifs is 7. The molecule has 0 N–H and O–H groups in total. The SMILES string of the molecule is c1ccc(-c2nc(-c3ccccc3)nc(-c3ccc(N4c5ccccc5C5c6ccccc6N(c6ccccc6)c6ccccc6C54)cc3)n2)cc1. The zero-order valence-electron chi connectivity index (χ0n) is 28.3. The van der Waals surface area contributed by atoms with Crippen molar-refractivity contribution in [2.24, 2.45) is 0 Å². The first-order valence-corrected chi connectivity index (χ1v) is 17.7. The van der Waals surface area contributed by atoms with Gasteiger partial charge in [-0.1, -0.05) is 133 Å². The van der Waals surface area contributed by atoms with Crippen LogP contribution in [0, 0.1) is 0 Å². The first kappa shape index (κ1) is 30.0. The second kappa shape index (κ2) is 12.5. The smallest absolute Gasteiger partial charge is 0.164 e. The fourth-order valence-electron chi connectivity index (χ4n) is 7.98. The van der Waals surface area contributed by atoms with E-state index in [1.165, 1.54) is 33.8 Å². The summed E-state index contributed by atoms with van der Waals surface area (Å²) in [4.78, 5) is 19.8. The Morgan fingerprint density at radius 2 is 0.731 bits per heavy atom. The van der Waals surface area contributed by atoms with Crippen molar-refractivity contribution >= 4 is 28.4 Å². The Balaban J connectivity index is 1.12. The quantitative estimate of drug-likeness (QED) is 0.183. The molecule has 2 unspecified atom stereocenters. The standard InChI is InChI=1S/C47H33N5/c1-4-16-32(17-5-1)45-48-46(33-18-6-2-7-19-33)50-47(49-45)34-28-30-36(31-29-34)52-41-26-14-11-23-38(41)43-37-22-10-13-25-40(37)51(35-20-8-3-9-21-35)42-27-15-12-24-39(42)44(43)52/h1-31,43-44H. The molecule has 0 bridgehead atoms. The molecule has 52 heavy (non-hydrogen) atoms. The van der Waals surface area contributed by atoms with E-state index >= 15 is 0 Å². The van der Waals surface area contributed by atoms with Crippen LogP contribution in [0.4, 0.5) is 28.4 Å². The molecule has 0 radical (unpaired) electrons. The van der Waals surface area contributed by atoms with E-state index in [-0.39, 0.29) is 12.0 Å². The Bertz CT molecular complexity index is 2480. The minimum absolute atomic E-state index is 0.0286. The molecule has 0 saturated carbocycles. The van der Waals surface area contributed by atoms with Gasteiger partial charge in [0.1, 0.15) is 0 Å². The molecule has 7 aromatic carbocycles. The van der Waals surface area contributed by atoms with Crippen LogP contribution in [0.2, 0.25) is 0 Å². The van der Waals surface area contributed by atoms with Crippen molar-refractivity contribution in [2.45, 2.75) is 12.0 Å². The van der Waals surface area contributed by atoms with Gasteiger partial charge in [0.2, 0.25) is 0 Å². The predicted molar refractivity (Wildman–Crippen MR) is 210 cm³/mol. The van der Waals surface area contributed by atoms with Crippen molar-refractivity contribution in [1.82, 2.24) is 15.0 Å². The number of nitrogens with zero attached hydrogens (tertiary/aromatic N) is 5. The zero-order valence-corrected chi connectivity index (χ0v) is 28.3. The molecule has 246 valence electrons. The number of aromatic nitrogens is 3. The fourth-order valence-corrected chi connectivity index (χ4v) is 7.98. The lowest BCUT2D eigenvalue weighted by molar-refractivity contribution is 0.665. The van der Waals surface area contributed by atoms with Gasteiger partial charge in [0.15, 0.2) is 17.5 Å². The molecule has 2 atom stereocenters. The Morgan fingerprint density at radius 1 is 0.327 bits per heavy atom. The van der Waals surface area contributed by atoms with E-state index in [0.717, 1.165) is 28.1 Å². The van der Waals surface area contributed by atoms with Crippen molar-refractivity contribution in [3.63, 3.8) is 0 Å². The third-order valence-electron chi connectivity index (χ3n) is 10.3. The third-order valence-corrected chi connectivity index (χ3v) is 10.3. The number of hydrogen-bond donors (Lipinski definition) is 0. The summed E-state index contributed by atoms with van der Waals surface area (Å²) in [5.74, 6) is 2.07. The molecule has 0 amide bonds. The largest absolute Gasteiger partial charge is 0.333 e. The van der Waals surface area contributed by atoms with E-state index in [1.807, 2.05) is 60.7 Å².